The number of amides is 1. The molecule has 0 heterocycles. The summed E-state index contributed by atoms with van der Waals surface area (Å²) in [6.07, 6.45) is 1.79. The van der Waals surface area contributed by atoms with Gasteiger partial charge < -0.3 is 10.1 Å². The average molecular weight is 391 g/mol. The molecule has 0 atom stereocenters. The second-order valence-corrected chi connectivity index (χ2v) is 8.04. The Balaban J connectivity index is 2.43. The summed E-state index contributed by atoms with van der Waals surface area (Å²) in [6, 6.07) is 13.6. The first-order valence-electron chi connectivity index (χ1n) is 8.89. The molecule has 2 rings (SSSR count). The third-order valence-electron chi connectivity index (χ3n) is 4.07. The van der Waals surface area contributed by atoms with E-state index in [1.165, 1.54) is 7.11 Å². The quantitative estimate of drug-likeness (QED) is 0.668. The number of carbonyl (C=O) groups is 1. The second-order valence-electron chi connectivity index (χ2n) is 6.21. The highest BCUT2D eigenvalue weighted by atomic mass is 32.2. The third kappa shape index (κ3) is 5.23. The summed E-state index contributed by atoms with van der Waals surface area (Å²) in [7, 11) is -2.57. The summed E-state index contributed by atoms with van der Waals surface area (Å²) >= 11 is 0. The maximum Gasteiger partial charge on any atom is 0.268 e. The van der Waals surface area contributed by atoms with Gasteiger partial charge in [-0.25, -0.2) is 8.42 Å². The Labute approximate surface area is 161 Å². The Bertz CT molecular complexity index is 867. The minimum atomic E-state index is -4.00. The Hall–Kier alpha value is -2.54. The molecule has 0 bridgehead atoms. The number of nitrogens with zero attached hydrogens (tertiary/aromatic N) is 1. The minimum absolute atomic E-state index is 0.0372. The molecule has 0 aliphatic carbocycles. The van der Waals surface area contributed by atoms with E-state index in [4.69, 9.17) is 4.74 Å². The number of hydrogen-bond acceptors (Lipinski definition) is 4. The van der Waals surface area contributed by atoms with Crippen LogP contribution in [0.25, 0.3) is 0 Å². The molecule has 1 N–H and O–H groups in total. The molecule has 0 saturated carbocycles. The van der Waals surface area contributed by atoms with Gasteiger partial charge in [0.2, 0.25) is 5.91 Å². The third-order valence-corrected chi connectivity index (χ3v) is 5.87. The number of anilines is 1. The van der Waals surface area contributed by atoms with Gasteiger partial charge in [0.1, 0.15) is 17.2 Å². The zero-order chi connectivity index (χ0) is 19.9. The first-order chi connectivity index (χ1) is 12.9. The van der Waals surface area contributed by atoms with Crippen LogP contribution >= 0.6 is 0 Å². The number of unbranched alkanes of at least 4 members (excludes halogenated alkanes) is 1. The number of para-hydroxylation sites is 1. The van der Waals surface area contributed by atoms with Crippen LogP contribution in [0.5, 0.6) is 5.75 Å². The molecule has 27 heavy (non-hydrogen) atoms. The molecule has 6 nitrogen and oxygen atoms in total. The van der Waals surface area contributed by atoms with Gasteiger partial charge in [0.05, 0.1) is 12.8 Å². The zero-order valence-electron chi connectivity index (χ0n) is 15.9. The van der Waals surface area contributed by atoms with E-state index in [0.29, 0.717) is 12.2 Å². The summed E-state index contributed by atoms with van der Waals surface area (Å²) < 4.78 is 33.2. The number of ether oxygens (including phenoxy) is 1. The predicted molar refractivity (Wildman–Crippen MR) is 107 cm³/mol. The van der Waals surface area contributed by atoms with Crippen LogP contribution in [-0.4, -0.2) is 34.5 Å². The molecule has 146 valence electrons. The average Bonchev–Trinajstić information content (AvgIpc) is 2.67. The molecule has 2 aromatic rings. The van der Waals surface area contributed by atoms with Crippen LogP contribution in [0.2, 0.25) is 0 Å². The summed E-state index contributed by atoms with van der Waals surface area (Å²) in [5.74, 6) is -0.101. The fourth-order valence-electron chi connectivity index (χ4n) is 2.60. The van der Waals surface area contributed by atoms with Crippen molar-refractivity contribution >= 4 is 21.6 Å². The van der Waals surface area contributed by atoms with Crippen LogP contribution in [0.4, 0.5) is 5.69 Å². The van der Waals surface area contributed by atoms with E-state index < -0.39 is 10.0 Å². The molecular weight excluding hydrogens is 364 g/mol. The van der Waals surface area contributed by atoms with E-state index in [1.54, 1.807) is 48.5 Å². The number of aryl methyl sites for hydroxylation is 1. The maximum atomic E-state index is 13.4. The lowest BCUT2D eigenvalue weighted by molar-refractivity contribution is -0.119. The number of nitrogens with one attached hydrogen (secondary N) is 1. The van der Waals surface area contributed by atoms with Gasteiger partial charge in [0, 0.05) is 6.54 Å². The fourth-order valence-corrected chi connectivity index (χ4v) is 4.27. The molecule has 0 aliphatic heterocycles. The zero-order valence-corrected chi connectivity index (χ0v) is 16.8. The molecule has 0 radical (unpaired) electrons. The molecule has 0 aromatic heterocycles. The van der Waals surface area contributed by atoms with Crippen molar-refractivity contribution in [3.63, 3.8) is 0 Å². The van der Waals surface area contributed by atoms with Gasteiger partial charge >= 0.3 is 0 Å². The van der Waals surface area contributed by atoms with Crippen molar-refractivity contribution in [2.75, 3.05) is 24.5 Å². The summed E-state index contributed by atoms with van der Waals surface area (Å²) in [5.41, 5.74) is 1.21. The fraction of sp³-hybridized carbons (Fsp3) is 0.350. The van der Waals surface area contributed by atoms with Crippen LogP contribution in [-0.2, 0) is 14.8 Å². The molecule has 0 saturated heterocycles. The van der Waals surface area contributed by atoms with Gasteiger partial charge in [0.25, 0.3) is 10.0 Å². The number of methoxy groups -OCH3 is 1. The van der Waals surface area contributed by atoms with Crippen molar-refractivity contribution in [2.24, 2.45) is 0 Å². The molecule has 0 aliphatic rings. The Morgan fingerprint density at radius 3 is 2.48 bits per heavy atom. The predicted octanol–water partition coefficient (Wildman–Crippen LogP) is 3.12. The van der Waals surface area contributed by atoms with Crippen LogP contribution in [0.15, 0.2) is 53.4 Å². The van der Waals surface area contributed by atoms with Crippen molar-refractivity contribution in [3.05, 3.63) is 54.1 Å². The Morgan fingerprint density at radius 2 is 1.85 bits per heavy atom. The van der Waals surface area contributed by atoms with E-state index in [2.05, 4.69) is 5.32 Å². The minimum Gasteiger partial charge on any atom is -0.495 e. The van der Waals surface area contributed by atoms with Crippen LogP contribution < -0.4 is 14.4 Å². The maximum absolute atomic E-state index is 13.4. The molecule has 0 spiro atoms. The van der Waals surface area contributed by atoms with Crippen molar-refractivity contribution < 1.29 is 17.9 Å². The summed E-state index contributed by atoms with van der Waals surface area (Å²) in [4.78, 5) is 12.4. The summed E-state index contributed by atoms with van der Waals surface area (Å²) in [5, 5.41) is 2.77. The number of carbonyl (C=O) groups excluding carboxylic acids is 1. The second kappa shape index (κ2) is 9.41. The molecule has 2 aromatic carbocycles. The van der Waals surface area contributed by atoms with Gasteiger partial charge in [-0.05, 0) is 43.2 Å². The van der Waals surface area contributed by atoms with Gasteiger partial charge in [-0.15, -0.1) is 0 Å². The van der Waals surface area contributed by atoms with Gasteiger partial charge in [-0.1, -0.05) is 37.6 Å². The normalized spacial score (nSPS) is 11.1. The lowest BCUT2D eigenvalue weighted by atomic mass is 10.2. The number of rotatable bonds is 9. The topological polar surface area (TPSA) is 75.7 Å². The first kappa shape index (κ1) is 20.8. The van der Waals surface area contributed by atoms with Crippen molar-refractivity contribution in [1.82, 2.24) is 5.32 Å². The van der Waals surface area contributed by atoms with Gasteiger partial charge in [-0.2, -0.15) is 0 Å². The summed E-state index contributed by atoms with van der Waals surface area (Å²) in [6.45, 7) is 4.05. The first-order valence-corrected chi connectivity index (χ1v) is 10.3. The van der Waals surface area contributed by atoms with Crippen molar-refractivity contribution in [1.29, 1.82) is 0 Å². The highest BCUT2D eigenvalue weighted by Crippen LogP contribution is 2.30. The van der Waals surface area contributed by atoms with E-state index in [0.717, 1.165) is 22.7 Å². The highest BCUT2D eigenvalue weighted by molar-refractivity contribution is 7.93. The van der Waals surface area contributed by atoms with Crippen molar-refractivity contribution in [3.8, 4) is 5.75 Å². The van der Waals surface area contributed by atoms with E-state index in [9.17, 15) is 13.2 Å². The Kier molecular flexibility index (Phi) is 7.24. The lowest BCUT2D eigenvalue weighted by Gasteiger charge is -2.25. The van der Waals surface area contributed by atoms with E-state index >= 15 is 0 Å². The standard InChI is InChI=1S/C20H26N2O4S/c1-4-5-13-21-20(23)15-22(17-9-7-6-8-10-17)27(24,25)19-14-16(2)11-12-18(19)26-3/h6-12,14H,4-5,13,15H2,1-3H3,(H,21,23). The van der Waals surface area contributed by atoms with Crippen LogP contribution in [0.3, 0.4) is 0 Å². The Morgan fingerprint density at radius 1 is 1.15 bits per heavy atom. The van der Waals surface area contributed by atoms with Gasteiger partial charge in [0.15, 0.2) is 0 Å². The van der Waals surface area contributed by atoms with Gasteiger partial charge in [-0.3, -0.25) is 9.10 Å². The van der Waals surface area contributed by atoms with E-state index in [1.807, 2.05) is 13.8 Å². The molecule has 0 unspecified atom stereocenters. The molecule has 0 fully saturated rings. The molecular formula is C20H26N2O4S. The molecule has 7 heteroatoms. The smallest absolute Gasteiger partial charge is 0.268 e. The monoisotopic (exact) mass is 390 g/mol. The highest BCUT2D eigenvalue weighted by Gasteiger charge is 2.30. The van der Waals surface area contributed by atoms with Crippen LogP contribution in [0, 0.1) is 6.92 Å². The number of hydrogen-bond donors (Lipinski definition) is 1. The SMILES string of the molecule is CCCCNC(=O)CN(c1ccccc1)S(=O)(=O)c1cc(C)ccc1OC. The number of sulfonamides is 1. The molecule has 1 amide bonds. The lowest BCUT2D eigenvalue weighted by Crippen LogP contribution is -2.41. The van der Waals surface area contributed by atoms with Crippen LogP contribution in [0.1, 0.15) is 25.3 Å². The largest absolute Gasteiger partial charge is 0.495 e. The van der Waals surface area contributed by atoms with Crippen molar-refractivity contribution in [2.45, 2.75) is 31.6 Å². The van der Waals surface area contributed by atoms with E-state index in [-0.39, 0.29) is 23.1 Å². The number of benzene rings is 2.